The average molecular weight is 415 g/mol. The predicted molar refractivity (Wildman–Crippen MR) is 98.7 cm³/mol. The molecule has 0 atom stereocenters. The van der Waals surface area contributed by atoms with E-state index in [2.05, 4.69) is 5.32 Å². The van der Waals surface area contributed by atoms with Gasteiger partial charge in [-0.2, -0.15) is 0 Å². The summed E-state index contributed by atoms with van der Waals surface area (Å²) in [6.07, 6.45) is 0. The van der Waals surface area contributed by atoms with Gasteiger partial charge in [-0.25, -0.2) is 13.2 Å². The SMILES string of the molecule is CN(CC(=O)Nc1ccc(F)c(F)c1F)C(=O)C(C)(C)Oc1ccc(Cl)cc1. The number of amides is 2. The Morgan fingerprint density at radius 3 is 2.29 bits per heavy atom. The number of carbonyl (C=O) groups excluding carboxylic acids is 2. The van der Waals surface area contributed by atoms with Crippen molar-refractivity contribution >= 4 is 29.1 Å². The van der Waals surface area contributed by atoms with Gasteiger partial charge in [0.05, 0.1) is 12.2 Å². The van der Waals surface area contributed by atoms with Gasteiger partial charge in [-0.15, -0.1) is 0 Å². The molecule has 0 unspecified atom stereocenters. The normalized spacial score (nSPS) is 11.1. The molecular formula is C19H18ClF3N2O3. The average Bonchev–Trinajstić information content (AvgIpc) is 2.63. The number of carbonyl (C=O) groups is 2. The zero-order chi connectivity index (χ0) is 21.1. The zero-order valence-corrected chi connectivity index (χ0v) is 16.1. The Bertz CT molecular complexity index is 889. The summed E-state index contributed by atoms with van der Waals surface area (Å²) in [5.41, 5.74) is -1.84. The van der Waals surface area contributed by atoms with Crippen LogP contribution in [0.2, 0.25) is 5.02 Å². The molecule has 28 heavy (non-hydrogen) atoms. The summed E-state index contributed by atoms with van der Waals surface area (Å²) in [4.78, 5) is 25.7. The van der Waals surface area contributed by atoms with Gasteiger partial charge in [-0.3, -0.25) is 9.59 Å². The first-order valence-electron chi connectivity index (χ1n) is 8.15. The monoisotopic (exact) mass is 414 g/mol. The number of anilines is 1. The van der Waals surface area contributed by atoms with Crippen LogP contribution in [0.3, 0.4) is 0 Å². The van der Waals surface area contributed by atoms with Crippen LogP contribution in [0, 0.1) is 17.5 Å². The second-order valence-corrected chi connectivity index (χ2v) is 6.94. The minimum Gasteiger partial charge on any atom is -0.478 e. The molecule has 0 saturated heterocycles. The molecule has 0 saturated carbocycles. The fraction of sp³-hybridized carbons (Fsp3) is 0.263. The van der Waals surface area contributed by atoms with Crippen molar-refractivity contribution in [2.75, 3.05) is 18.9 Å². The first kappa shape index (κ1) is 21.6. The van der Waals surface area contributed by atoms with E-state index in [0.717, 1.165) is 11.0 Å². The second-order valence-electron chi connectivity index (χ2n) is 6.50. The number of nitrogens with zero attached hydrogens (tertiary/aromatic N) is 1. The van der Waals surface area contributed by atoms with E-state index in [-0.39, 0.29) is 0 Å². The molecule has 2 aromatic carbocycles. The van der Waals surface area contributed by atoms with E-state index in [4.69, 9.17) is 16.3 Å². The maximum Gasteiger partial charge on any atom is 0.266 e. The Morgan fingerprint density at radius 1 is 1.07 bits per heavy atom. The third-order valence-corrected chi connectivity index (χ3v) is 3.99. The van der Waals surface area contributed by atoms with Crippen LogP contribution in [0.25, 0.3) is 0 Å². The molecule has 0 heterocycles. The van der Waals surface area contributed by atoms with Gasteiger partial charge in [-0.05, 0) is 50.2 Å². The standard InChI is InChI=1S/C19H18ClF3N2O3/c1-19(2,28-12-6-4-11(20)5-7-12)18(27)25(3)10-15(26)24-14-9-8-13(21)16(22)17(14)23/h4-9H,10H2,1-3H3,(H,24,26). The van der Waals surface area contributed by atoms with Gasteiger partial charge in [-0.1, -0.05) is 11.6 Å². The smallest absolute Gasteiger partial charge is 0.266 e. The van der Waals surface area contributed by atoms with Crippen LogP contribution in [-0.2, 0) is 9.59 Å². The van der Waals surface area contributed by atoms with Gasteiger partial charge in [0.25, 0.3) is 5.91 Å². The Kier molecular flexibility index (Phi) is 6.56. The van der Waals surface area contributed by atoms with Crippen molar-refractivity contribution in [1.82, 2.24) is 4.90 Å². The fourth-order valence-corrected chi connectivity index (χ4v) is 2.53. The van der Waals surface area contributed by atoms with E-state index in [1.165, 1.54) is 20.9 Å². The van der Waals surface area contributed by atoms with Crippen LogP contribution in [-0.4, -0.2) is 35.9 Å². The van der Waals surface area contributed by atoms with E-state index in [1.807, 2.05) is 0 Å². The number of halogens is 4. The Labute approximate surface area is 165 Å². The van der Waals surface area contributed by atoms with E-state index in [1.54, 1.807) is 24.3 Å². The van der Waals surface area contributed by atoms with Gasteiger partial charge in [0, 0.05) is 12.1 Å². The largest absolute Gasteiger partial charge is 0.478 e. The summed E-state index contributed by atoms with van der Waals surface area (Å²) < 4.78 is 45.5. The van der Waals surface area contributed by atoms with Crippen molar-refractivity contribution in [2.45, 2.75) is 19.4 Å². The number of hydrogen-bond donors (Lipinski definition) is 1. The molecule has 5 nitrogen and oxygen atoms in total. The first-order chi connectivity index (χ1) is 13.0. The highest BCUT2D eigenvalue weighted by molar-refractivity contribution is 6.30. The van der Waals surface area contributed by atoms with Crippen molar-refractivity contribution in [3.8, 4) is 5.75 Å². The lowest BCUT2D eigenvalue weighted by atomic mass is 10.1. The van der Waals surface area contributed by atoms with Crippen LogP contribution in [0.15, 0.2) is 36.4 Å². The summed E-state index contributed by atoms with van der Waals surface area (Å²) in [6, 6.07) is 7.97. The molecular weight excluding hydrogens is 397 g/mol. The van der Waals surface area contributed by atoms with Crippen molar-refractivity contribution in [2.24, 2.45) is 0 Å². The fourth-order valence-electron chi connectivity index (χ4n) is 2.40. The summed E-state index contributed by atoms with van der Waals surface area (Å²) in [7, 11) is 1.36. The highest BCUT2D eigenvalue weighted by Crippen LogP contribution is 2.23. The van der Waals surface area contributed by atoms with Crippen molar-refractivity contribution in [3.63, 3.8) is 0 Å². The van der Waals surface area contributed by atoms with Gasteiger partial charge in [0.15, 0.2) is 23.1 Å². The summed E-state index contributed by atoms with van der Waals surface area (Å²) >= 11 is 5.80. The maximum atomic E-state index is 13.6. The number of likely N-dealkylation sites (N-methyl/N-ethyl adjacent to an activating group) is 1. The van der Waals surface area contributed by atoms with Gasteiger partial charge < -0.3 is 15.0 Å². The molecule has 2 aromatic rings. The molecule has 9 heteroatoms. The molecule has 0 aromatic heterocycles. The summed E-state index contributed by atoms with van der Waals surface area (Å²) in [5, 5.41) is 2.61. The van der Waals surface area contributed by atoms with Crippen molar-refractivity contribution in [1.29, 1.82) is 0 Å². The summed E-state index contributed by atoms with van der Waals surface area (Å²) in [5.74, 6) is -5.49. The zero-order valence-electron chi connectivity index (χ0n) is 15.4. The first-order valence-corrected chi connectivity index (χ1v) is 8.52. The number of nitrogens with one attached hydrogen (secondary N) is 1. The van der Waals surface area contributed by atoms with E-state index in [0.29, 0.717) is 16.8 Å². The van der Waals surface area contributed by atoms with Gasteiger partial charge in [0.2, 0.25) is 5.91 Å². The molecule has 0 aliphatic rings. The minimum absolute atomic E-state index is 0.407. The van der Waals surface area contributed by atoms with Crippen LogP contribution < -0.4 is 10.1 Å². The lowest BCUT2D eigenvalue weighted by Gasteiger charge is -2.29. The summed E-state index contributed by atoms with van der Waals surface area (Å²) in [6.45, 7) is 2.59. The predicted octanol–water partition coefficient (Wildman–Crippen LogP) is 4.01. The number of benzene rings is 2. The number of hydrogen-bond acceptors (Lipinski definition) is 3. The second kappa shape index (κ2) is 8.52. The molecule has 0 spiro atoms. The molecule has 2 amide bonds. The van der Waals surface area contributed by atoms with E-state index in [9.17, 15) is 22.8 Å². The molecule has 1 N–H and O–H groups in total. The van der Waals surface area contributed by atoms with Crippen LogP contribution >= 0.6 is 11.6 Å². The van der Waals surface area contributed by atoms with Crippen LogP contribution in [0.1, 0.15) is 13.8 Å². The van der Waals surface area contributed by atoms with Crippen molar-refractivity contribution in [3.05, 3.63) is 58.9 Å². The Hall–Kier alpha value is -2.74. The molecule has 0 aliphatic heterocycles. The van der Waals surface area contributed by atoms with Crippen molar-refractivity contribution < 1.29 is 27.5 Å². The van der Waals surface area contributed by atoms with E-state index >= 15 is 0 Å². The lowest BCUT2D eigenvalue weighted by molar-refractivity contribution is -0.145. The molecule has 0 aliphatic carbocycles. The number of rotatable bonds is 6. The van der Waals surface area contributed by atoms with Gasteiger partial charge >= 0.3 is 0 Å². The molecule has 0 fully saturated rings. The third-order valence-electron chi connectivity index (χ3n) is 3.74. The van der Waals surface area contributed by atoms with Gasteiger partial charge in [0.1, 0.15) is 5.75 Å². The highest BCUT2D eigenvalue weighted by atomic mass is 35.5. The van der Waals surface area contributed by atoms with Crippen LogP contribution in [0.4, 0.5) is 18.9 Å². The van der Waals surface area contributed by atoms with Crippen LogP contribution in [0.5, 0.6) is 5.75 Å². The Balaban J connectivity index is 2.01. The number of ether oxygens (including phenoxy) is 1. The lowest BCUT2D eigenvalue weighted by Crippen LogP contribution is -2.49. The highest BCUT2D eigenvalue weighted by Gasteiger charge is 2.33. The minimum atomic E-state index is -1.69. The molecule has 2 rings (SSSR count). The Morgan fingerprint density at radius 2 is 1.68 bits per heavy atom. The third kappa shape index (κ3) is 5.16. The quantitative estimate of drug-likeness (QED) is 0.726. The van der Waals surface area contributed by atoms with E-state index < -0.39 is 47.1 Å². The molecule has 0 bridgehead atoms. The molecule has 0 radical (unpaired) electrons. The molecule has 150 valence electrons. The topological polar surface area (TPSA) is 58.6 Å². The maximum absolute atomic E-state index is 13.6.